The minimum absolute atomic E-state index is 0.413. The molecule has 0 bridgehead atoms. The minimum Gasteiger partial charge on any atom is -0.496 e. The Bertz CT molecular complexity index is 1490. The number of hydrogen-bond donors (Lipinski definition) is 3. The van der Waals surface area contributed by atoms with Crippen molar-refractivity contribution in [3.05, 3.63) is 96.0 Å². The number of nitrogens with one attached hydrogen (secondary N) is 3. The van der Waals surface area contributed by atoms with Crippen LogP contribution in [0.4, 0.5) is 11.4 Å². The van der Waals surface area contributed by atoms with Crippen molar-refractivity contribution in [2.75, 3.05) is 17.7 Å². The summed E-state index contributed by atoms with van der Waals surface area (Å²) in [5.41, 5.74) is 4.00. The maximum atomic E-state index is 12.7. The molecule has 9 nitrogen and oxygen atoms in total. The lowest BCUT2D eigenvalue weighted by molar-refractivity contribution is -0.137. The number of aromatic nitrogens is 1. The van der Waals surface area contributed by atoms with Crippen LogP contribution in [-0.4, -0.2) is 29.4 Å². The van der Waals surface area contributed by atoms with Crippen LogP contribution in [0.25, 0.3) is 11.3 Å². The van der Waals surface area contributed by atoms with Crippen LogP contribution in [0.2, 0.25) is 0 Å². The summed E-state index contributed by atoms with van der Waals surface area (Å²) < 4.78 is 10.7. The van der Waals surface area contributed by atoms with Crippen LogP contribution >= 0.6 is 0 Å². The first kappa shape index (κ1) is 26.9. The van der Waals surface area contributed by atoms with E-state index in [9.17, 15) is 9.59 Å². The average molecular weight is 524 g/mol. The number of carbonyl (C=O) groups excluding carboxylic acids is 2. The first-order valence-electron chi connectivity index (χ1n) is 12.3. The molecule has 0 aliphatic rings. The monoisotopic (exact) mass is 523 g/mol. The molecule has 0 unspecified atom stereocenters. The van der Waals surface area contributed by atoms with Crippen LogP contribution in [0.15, 0.2) is 83.7 Å². The summed E-state index contributed by atoms with van der Waals surface area (Å²) in [5.74, 6) is -0.522. The predicted octanol–water partition coefficient (Wildman–Crippen LogP) is 4.91. The molecule has 0 aliphatic carbocycles. The van der Waals surface area contributed by atoms with Crippen molar-refractivity contribution in [1.82, 2.24) is 10.3 Å². The molecule has 9 heteroatoms. The third-order valence-corrected chi connectivity index (χ3v) is 5.97. The van der Waals surface area contributed by atoms with E-state index in [2.05, 4.69) is 27.0 Å². The predicted molar refractivity (Wildman–Crippen MR) is 148 cm³/mol. The van der Waals surface area contributed by atoms with Crippen molar-refractivity contribution in [1.29, 1.82) is 5.26 Å². The van der Waals surface area contributed by atoms with Crippen molar-refractivity contribution in [2.45, 2.75) is 32.4 Å². The summed E-state index contributed by atoms with van der Waals surface area (Å²) in [5, 5.41) is 17.8. The van der Waals surface area contributed by atoms with E-state index in [1.807, 2.05) is 56.3 Å². The number of rotatable bonds is 9. The van der Waals surface area contributed by atoms with Crippen LogP contribution in [0.1, 0.15) is 30.5 Å². The average Bonchev–Trinajstić information content (AvgIpc) is 3.47. The van der Waals surface area contributed by atoms with E-state index in [4.69, 9.17) is 14.4 Å². The van der Waals surface area contributed by atoms with Crippen molar-refractivity contribution < 1.29 is 18.7 Å². The zero-order valence-corrected chi connectivity index (χ0v) is 21.9. The number of carbonyl (C=O) groups is 2. The van der Waals surface area contributed by atoms with Crippen LogP contribution < -0.4 is 20.7 Å². The maximum absolute atomic E-state index is 12.7. The van der Waals surface area contributed by atoms with Gasteiger partial charge in [0.1, 0.15) is 5.75 Å². The molecule has 0 aliphatic heterocycles. The molecule has 2 amide bonds. The molecule has 3 aromatic carbocycles. The van der Waals surface area contributed by atoms with E-state index < -0.39 is 17.4 Å². The van der Waals surface area contributed by atoms with Crippen LogP contribution in [0, 0.1) is 11.3 Å². The smallest absolute Gasteiger partial charge is 0.313 e. The van der Waals surface area contributed by atoms with Crippen LogP contribution in [0.5, 0.6) is 5.75 Å². The molecule has 0 saturated carbocycles. The molecule has 0 spiro atoms. The normalized spacial score (nSPS) is 10.8. The van der Waals surface area contributed by atoms with Gasteiger partial charge in [-0.15, -0.1) is 0 Å². The van der Waals surface area contributed by atoms with Gasteiger partial charge in [0.05, 0.1) is 30.5 Å². The highest BCUT2D eigenvalue weighted by atomic mass is 16.5. The molecule has 0 atom stereocenters. The quantitative estimate of drug-likeness (QED) is 0.266. The van der Waals surface area contributed by atoms with E-state index in [0.717, 1.165) is 16.8 Å². The molecule has 39 heavy (non-hydrogen) atoms. The number of nitriles is 1. The zero-order chi connectivity index (χ0) is 27.8. The molecule has 0 radical (unpaired) electrons. The summed E-state index contributed by atoms with van der Waals surface area (Å²) in [4.78, 5) is 29.2. The zero-order valence-electron chi connectivity index (χ0n) is 21.9. The van der Waals surface area contributed by atoms with Crippen molar-refractivity contribution >= 4 is 23.2 Å². The fraction of sp³-hybridized carbons (Fsp3) is 0.200. The fourth-order valence-corrected chi connectivity index (χ4v) is 4.12. The van der Waals surface area contributed by atoms with Gasteiger partial charge in [-0.1, -0.05) is 24.3 Å². The second kappa shape index (κ2) is 12.0. The minimum atomic E-state index is -0.780. The number of anilines is 2. The van der Waals surface area contributed by atoms with Gasteiger partial charge < -0.3 is 25.1 Å². The number of methoxy groups -OCH3 is 1. The Kier molecular flexibility index (Phi) is 8.27. The molecule has 1 aromatic heterocycles. The summed E-state index contributed by atoms with van der Waals surface area (Å²) in [6.07, 6.45) is 3.41. The Morgan fingerprint density at radius 1 is 1.00 bits per heavy atom. The van der Waals surface area contributed by atoms with Crippen molar-refractivity contribution in [3.63, 3.8) is 0 Å². The molecule has 4 rings (SSSR count). The number of oxazole rings is 1. The molecule has 1 heterocycles. The Labute approximate surface area is 226 Å². The molecule has 198 valence electrons. The van der Waals surface area contributed by atoms with E-state index in [0.29, 0.717) is 41.3 Å². The number of benzene rings is 3. The summed E-state index contributed by atoms with van der Waals surface area (Å²) >= 11 is 0. The van der Waals surface area contributed by atoms with Gasteiger partial charge in [-0.3, -0.25) is 9.59 Å². The number of amides is 2. The molecule has 0 saturated heterocycles. The molecule has 0 fully saturated rings. The fourth-order valence-electron chi connectivity index (χ4n) is 4.12. The van der Waals surface area contributed by atoms with Crippen molar-refractivity contribution in [3.8, 4) is 23.1 Å². The SMILES string of the molecule is COc1cc(NC(=O)C(=O)NC(C)(C)Cc2ccc(NCc3cccc(C#N)c3)cc2)ccc1-c1cnco1. The topological polar surface area (TPSA) is 129 Å². The summed E-state index contributed by atoms with van der Waals surface area (Å²) in [6.45, 7) is 4.32. The number of hydrogen-bond acceptors (Lipinski definition) is 7. The molecular weight excluding hydrogens is 494 g/mol. The molecule has 4 aromatic rings. The van der Waals surface area contributed by atoms with E-state index in [-0.39, 0.29) is 0 Å². The summed E-state index contributed by atoms with van der Waals surface area (Å²) in [6, 6.07) is 22.5. The lowest BCUT2D eigenvalue weighted by Gasteiger charge is -2.26. The largest absolute Gasteiger partial charge is 0.496 e. The van der Waals surface area contributed by atoms with E-state index >= 15 is 0 Å². The van der Waals surface area contributed by atoms with Crippen LogP contribution in [0.3, 0.4) is 0 Å². The van der Waals surface area contributed by atoms with Gasteiger partial charge in [-0.05, 0) is 67.8 Å². The highest BCUT2D eigenvalue weighted by molar-refractivity contribution is 6.39. The maximum Gasteiger partial charge on any atom is 0.313 e. The van der Waals surface area contributed by atoms with Crippen molar-refractivity contribution in [2.24, 2.45) is 0 Å². The van der Waals surface area contributed by atoms with Crippen LogP contribution in [-0.2, 0) is 22.6 Å². The molecule has 3 N–H and O–H groups in total. The number of nitrogens with zero attached hydrogens (tertiary/aromatic N) is 2. The second-order valence-electron chi connectivity index (χ2n) is 9.61. The molecular formula is C30H29N5O4. The first-order valence-corrected chi connectivity index (χ1v) is 12.3. The Morgan fingerprint density at radius 2 is 1.77 bits per heavy atom. The van der Waals surface area contributed by atoms with Gasteiger partial charge in [-0.2, -0.15) is 5.26 Å². The van der Waals surface area contributed by atoms with Gasteiger partial charge in [-0.25, -0.2) is 4.98 Å². The van der Waals surface area contributed by atoms with E-state index in [1.165, 1.54) is 13.5 Å². The Morgan fingerprint density at radius 3 is 2.46 bits per heavy atom. The lowest BCUT2D eigenvalue weighted by Crippen LogP contribution is -2.49. The Balaban J connectivity index is 1.31. The highest BCUT2D eigenvalue weighted by Crippen LogP contribution is 2.32. The second-order valence-corrected chi connectivity index (χ2v) is 9.61. The number of ether oxygens (including phenoxy) is 1. The Hall–Kier alpha value is -5.10. The first-order chi connectivity index (χ1) is 18.8. The van der Waals surface area contributed by atoms with Gasteiger partial charge >= 0.3 is 11.8 Å². The van der Waals surface area contributed by atoms with Gasteiger partial charge in [0.25, 0.3) is 0 Å². The van der Waals surface area contributed by atoms with Gasteiger partial charge in [0, 0.05) is 29.5 Å². The highest BCUT2D eigenvalue weighted by Gasteiger charge is 2.25. The standard InChI is InChI=1S/C30H29N5O4/c1-30(2,15-20-7-9-23(10-8-20)33-17-22-6-4-5-21(13-22)16-31)35-29(37)28(36)34-24-11-12-25(26(14-24)38-3)27-18-32-19-39-27/h4-14,18-19,33H,15,17H2,1-3H3,(H,34,36)(H,35,37). The summed E-state index contributed by atoms with van der Waals surface area (Å²) in [7, 11) is 1.51. The van der Waals surface area contributed by atoms with Gasteiger partial charge in [0.15, 0.2) is 12.2 Å². The van der Waals surface area contributed by atoms with E-state index in [1.54, 1.807) is 30.5 Å². The van der Waals surface area contributed by atoms with Gasteiger partial charge in [0.2, 0.25) is 0 Å². The third-order valence-electron chi connectivity index (χ3n) is 5.97. The third kappa shape index (κ3) is 7.23. The lowest BCUT2D eigenvalue weighted by atomic mass is 9.94.